The number of nitrogens with zero attached hydrogens (tertiary/aromatic N) is 4. The number of alkyl halides is 3. The summed E-state index contributed by atoms with van der Waals surface area (Å²) >= 11 is 0. The van der Waals surface area contributed by atoms with E-state index in [2.05, 4.69) is 10.1 Å². The number of esters is 1. The highest BCUT2D eigenvalue weighted by Gasteiger charge is 2.41. The van der Waals surface area contributed by atoms with E-state index in [4.69, 9.17) is 10.5 Å². The fraction of sp³-hybridized carbons (Fsp3) is 0.176. The van der Waals surface area contributed by atoms with E-state index < -0.39 is 41.6 Å². The van der Waals surface area contributed by atoms with Crippen LogP contribution in [-0.4, -0.2) is 37.7 Å². The minimum atomic E-state index is -4.89. The molecule has 0 bridgehead atoms. The maximum Gasteiger partial charge on any atom is 0.436 e. The van der Waals surface area contributed by atoms with E-state index in [1.54, 1.807) is 35.4 Å². The normalized spacial score (nSPS) is 11.4. The summed E-state index contributed by atoms with van der Waals surface area (Å²) in [5.74, 6) is -2.46. The number of ketones is 1. The zero-order chi connectivity index (χ0) is 20.5. The number of aromatic nitrogens is 4. The van der Waals surface area contributed by atoms with Gasteiger partial charge in [0, 0.05) is 30.7 Å². The van der Waals surface area contributed by atoms with Crippen LogP contribution in [-0.2, 0) is 18.0 Å². The van der Waals surface area contributed by atoms with Crippen LogP contribution in [0.4, 0.5) is 19.0 Å². The first kappa shape index (κ1) is 19.1. The Balaban J connectivity index is 1.71. The third kappa shape index (κ3) is 3.72. The number of benzene rings is 1. The van der Waals surface area contributed by atoms with Crippen molar-refractivity contribution in [3.05, 3.63) is 59.8 Å². The van der Waals surface area contributed by atoms with Crippen molar-refractivity contribution >= 4 is 17.6 Å². The number of hydrogen-bond acceptors (Lipinski definition) is 6. The second kappa shape index (κ2) is 7.18. The summed E-state index contributed by atoms with van der Waals surface area (Å²) in [5.41, 5.74) is 4.09. The van der Waals surface area contributed by atoms with Crippen LogP contribution in [0.1, 0.15) is 26.4 Å². The van der Waals surface area contributed by atoms with Gasteiger partial charge >= 0.3 is 12.1 Å². The Morgan fingerprint density at radius 2 is 1.89 bits per heavy atom. The van der Waals surface area contributed by atoms with Gasteiger partial charge in [0.2, 0.25) is 0 Å². The number of carbonyl (C=O) groups is 2. The summed E-state index contributed by atoms with van der Waals surface area (Å²) in [6.07, 6.45) is -0.000952. The molecule has 1 aromatic carbocycles. The van der Waals surface area contributed by atoms with Crippen molar-refractivity contribution < 1.29 is 27.5 Å². The van der Waals surface area contributed by atoms with Crippen LogP contribution in [0.15, 0.2) is 43.0 Å². The van der Waals surface area contributed by atoms with E-state index in [0.29, 0.717) is 0 Å². The Morgan fingerprint density at radius 3 is 2.46 bits per heavy atom. The molecular formula is C17H14F3N5O3. The average molecular weight is 393 g/mol. The molecule has 2 N–H and O–H groups in total. The second-order valence-corrected chi connectivity index (χ2v) is 5.75. The zero-order valence-electron chi connectivity index (χ0n) is 14.5. The van der Waals surface area contributed by atoms with Gasteiger partial charge in [-0.25, -0.2) is 9.78 Å². The van der Waals surface area contributed by atoms with Crippen molar-refractivity contribution in [2.75, 3.05) is 12.3 Å². The molecule has 0 aliphatic carbocycles. The van der Waals surface area contributed by atoms with E-state index >= 15 is 0 Å². The molecule has 0 spiro atoms. The number of imidazole rings is 1. The molecule has 0 saturated carbocycles. The number of ether oxygens (including phenoxy) is 1. The summed E-state index contributed by atoms with van der Waals surface area (Å²) in [6, 6.07) is 6.31. The number of aryl methyl sites for hydroxylation is 1. The lowest BCUT2D eigenvalue weighted by Crippen LogP contribution is -2.18. The highest BCUT2D eigenvalue weighted by atomic mass is 19.4. The van der Waals surface area contributed by atoms with Crippen LogP contribution in [0.25, 0.3) is 5.69 Å². The van der Waals surface area contributed by atoms with Gasteiger partial charge in [0.1, 0.15) is 11.4 Å². The lowest BCUT2D eigenvalue weighted by atomic mass is 10.1. The Kier molecular flexibility index (Phi) is 4.91. The number of hydrogen-bond donors (Lipinski definition) is 1. The molecule has 0 saturated heterocycles. The van der Waals surface area contributed by atoms with E-state index in [-0.39, 0.29) is 5.56 Å². The van der Waals surface area contributed by atoms with Crippen molar-refractivity contribution in [1.29, 1.82) is 0 Å². The van der Waals surface area contributed by atoms with Crippen molar-refractivity contribution in [3.63, 3.8) is 0 Å². The summed E-state index contributed by atoms with van der Waals surface area (Å²) in [6.45, 7) is -0.741. The van der Waals surface area contributed by atoms with Crippen molar-refractivity contribution in [1.82, 2.24) is 19.3 Å². The first-order chi connectivity index (χ1) is 13.2. The molecule has 3 rings (SSSR count). The molecular weight excluding hydrogens is 379 g/mol. The molecule has 0 amide bonds. The van der Waals surface area contributed by atoms with Crippen molar-refractivity contribution in [2.45, 2.75) is 6.18 Å². The molecule has 0 atom stereocenters. The van der Waals surface area contributed by atoms with Crippen LogP contribution in [0, 0.1) is 0 Å². The fourth-order valence-corrected chi connectivity index (χ4v) is 2.45. The molecule has 2 heterocycles. The number of anilines is 1. The van der Waals surface area contributed by atoms with Crippen molar-refractivity contribution in [3.8, 4) is 5.69 Å². The topological polar surface area (TPSA) is 105 Å². The Labute approximate surface area is 156 Å². The minimum Gasteiger partial charge on any atom is -0.454 e. The molecule has 2 aromatic heterocycles. The number of nitrogens with two attached hydrogens (primary N) is 1. The van der Waals surface area contributed by atoms with Crippen LogP contribution < -0.4 is 5.73 Å². The Morgan fingerprint density at radius 1 is 1.21 bits per heavy atom. The molecule has 0 radical (unpaired) electrons. The number of halogens is 3. The van der Waals surface area contributed by atoms with E-state index in [0.717, 1.165) is 17.4 Å². The van der Waals surface area contributed by atoms with Crippen LogP contribution in [0.5, 0.6) is 0 Å². The Hall–Kier alpha value is -3.63. The lowest BCUT2D eigenvalue weighted by Gasteiger charge is -2.08. The third-order valence-electron chi connectivity index (χ3n) is 3.89. The molecule has 0 aliphatic heterocycles. The van der Waals surface area contributed by atoms with Crippen molar-refractivity contribution in [2.24, 2.45) is 7.05 Å². The second-order valence-electron chi connectivity index (χ2n) is 5.75. The van der Waals surface area contributed by atoms with Crippen LogP contribution in [0.3, 0.4) is 0 Å². The van der Waals surface area contributed by atoms with Gasteiger partial charge in [-0.3, -0.25) is 9.48 Å². The molecule has 0 unspecified atom stereocenters. The van der Waals surface area contributed by atoms with E-state index in [1.165, 1.54) is 12.1 Å². The monoisotopic (exact) mass is 393 g/mol. The quantitative estimate of drug-likeness (QED) is 0.527. The van der Waals surface area contributed by atoms with Gasteiger partial charge in [-0.15, -0.1) is 0 Å². The van der Waals surface area contributed by atoms with E-state index in [1.807, 2.05) is 0 Å². The largest absolute Gasteiger partial charge is 0.454 e. The molecule has 0 aliphatic rings. The number of carbonyl (C=O) groups excluding carboxylic acids is 2. The first-order valence-electron chi connectivity index (χ1n) is 7.87. The van der Waals surface area contributed by atoms with Crippen LogP contribution in [0.2, 0.25) is 0 Å². The lowest BCUT2D eigenvalue weighted by molar-refractivity contribution is -0.142. The maximum atomic E-state index is 13.0. The summed E-state index contributed by atoms with van der Waals surface area (Å²) in [7, 11) is 1.16. The van der Waals surface area contributed by atoms with Gasteiger partial charge in [-0.2, -0.15) is 18.3 Å². The SMILES string of the molecule is Cn1nc(C(F)(F)F)c(C(=O)OCC(=O)c2ccc(-n3ccnc3)cc2)c1N. The molecule has 0 fully saturated rings. The molecule has 3 aromatic rings. The fourth-order valence-electron chi connectivity index (χ4n) is 2.45. The maximum absolute atomic E-state index is 13.0. The highest BCUT2D eigenvalue weighted by Crippen LogP contribution is 2.33. The summed E-state index contributed by atoms with van der Waals surface area (Å²) in [5, 5.41) is 3.20. The zero-order valence-corrected chi connectivity index (χ0v) is 14.5. The standard InChI is InChI=1S/C17H14F3N5O3/c1-24-15(21)13(14(23-24)17(18,19)20)16(27)28-8-12(26)10-2-4-11(5-3-10)25-7-6-22-9-25/h2-7,9H,8,21H2,1H3. The number of nitrogen functional groups attached to an aromatic ring is 1. The van der Waals surface area contributed by atoms with Gasteiger partial charge in [0.15, 0.2) is 18.1 Å². The van der Waals surface area contributed by atoms with Gasteiger partial charge in [0.05, 0.1) is 6.33 Å². The van der Waals surface area contributed by atoms with Gasteiger partial charge in [-0.05, 0) is 24.3 Å². The Bertz CT molecular complexity index is 1010. The van der Waals surface area contributed by atoms with Crippen LogP contribution >= 0.6 is 0 Å². The summed E-state index contributed by atoms with van der Waals surface area (Å²) < 4.78 is 46.2. The predicted molar refractivity (Wildman–Crippen MR) is 90.8 cm³/mol. The molecule has 11 heteroatoms. The highest BCUT2D eigenvalue weighted by molar-refractivity contribution is 6.01. The number of rotatable bonds is 5. The number of Topliss-reactive ketones (excluding diaryl/α,β-unsaturated/α-hetero) is 1. The molecule has 8 nitrogen and oxygen atoms in total. The third-order valence-corrected chi connectivity index (χ3v) is 3.89. The van der Waals surface area contributed by atoms with Gasteiger partial charge < -0.3 is 15.0 Å². The smallest absolute Gasteiger partial charge is 0.436 e. The van der Waals surface area contributed by atoms with E-state index in [9.17, 15) is 22.8 Å². The average Bonchev–Trinajstić information content (AvgIpc) is 3.28. The van der Waals surface area contributed by atoms with Gasteiger partial charge in [0.25, 0.3) is 0 Å². The predicted octanol–water partition coefficient (Wildman–Crippen LogP) is 2.25. The summed E-state index contributed by atoms with van der Waals surface area (Å²) in [4.78, 5) is 28.2. The van der Waals surface area contributed by atoms with Gasteiger partial charge in [-0.1, -0.05) is 0 Å². The minimum absolute atomic E-state index is 0.229. The molecule has 28 heavy (non-hydrogen) atoms. The molecule has 146 valence electrons. The first-order valence-corrected chi connectivity index (χ1v) is 7.87.